The van der Waals surface area contributed by atoms with Gasteiger partial charge in [0.1, 0.15) is 5.75 Å². The van der Waals surface area contributed by atoms with E-state index >= 15 is 0 Å². The number of hydrogen-bond acceptors (Lipinski definition) is 10. The van der Waals surface area contributed by atoms with Crippen molar-refractivity contribution in [1.82, 2.24) is 10.2 Å². The molecule has 2 unspecified atom stereocenters. The van der Waals surface area contributed by atoms with Gasteiger partial charge in [-0.1, -0.05) is 6.42 Å². The van der Waals surface area contributed by atoms with Gasteiger partial charge in [0.15, 0.2) is 34.7 Å². The zero-order valence-corrected chi connectivity index (χ0v) is 22.7. The largest absolute Gasteiger partial charge is 0.507 e. The third kappa shape index (κ3) is 3.93. The Hall–Kier alpha value is -3.15. The molecule has 6 atom stereocenters. The molecule has 0 aromatic heterocycles. The minimum Gasteiger partial charge on any atom is -0.507 e. The number of likely N-dealkylation sites (N-methyl/N-ethyl adjacent to an activating group) is 1. The Kier molecular flexibility index (Phi) is 6.68. The van der Waals surface area contributed by atoms with Crippen molar-refractivity contribution >= 4 is 34.7 Å². The molecule has 210 valence electrons. The molecule has 0 saturated heterocycles. The van der Waals surface area contributed by atoms with Gasteiger partial charge < -0.3 is 26.2 Å². The van der Waals surface area contributed by atoms with Gasteiger partial charge in [-0.2, -0.15) is 0 Å². The highest BCUT2D eigenvalue weighted by Gasteiger charge is 2.69. The average Bonchev–Trinajstić information content (AvgIpc) is 2.79. The molecular weight excluding hydrogens is 504 g/mol. The van der Waals surface area contributed by atoms with Crippen LogP contribution in [0.2, 0.25) is 0 Å². The average molecular weight is 541 g/mol. The molecule has 1 aromatic rings. The second-order valence-corrected chi connectivity index (χ2v) is 11.9. The number of phenols is 1. The lowest BCUT2D eigenvalue weighted by Crippen LogP contribution is -2.74. The molecule has 0 spiro atoms. The second-order valence-electron chi connectivity index (χ2n) is 11.9. The third-order valence-electron chi connectivity index (χ3n) is 9.25. The SMILES string of the molecule is CN(C)c1c(CNC2CCC2)cc(O)c2c1C[C@H]1C[C@H]3[C@H](N(C)C)C(=O)C(C(N)=O)C(=O)[C@@]3(O)C(=O)C1C2=O. The van der Waals surface area contributed by atoms with Crippen molar-refractivity contribution in [2.45, 2.75) is 56.3 Å². The predicted octanol–water partition coefficient (Wildman–Crippen LogP) is -0.425. The Balaban J connectivity index is 1.60. The van der Waals surface area contributed by atoms with Crippen molar-refractivity contribution in [3.05, 3.63) is 22.8 Å². The molecular formula is C28H36N4O7. The van der Waals surface area contributed by atoms with Gasteiger partial charge in [0.05, 0.1) is 17.5 Å². The fourth-order valence-electron chi connectivity index (χ4n) is 7.29. The maximum Gasteiger partial charge on any atom is 0.235 e. The quantitative estimate of drug-likeness (QED) is 0.347. The standard InChI is InChI=1S/C28H36N4O7/c1-31(2)21-13(11-30-14-6-5-7-14)10-17(33)19-15(21)8-12-9-16-22(32(3)4)24(35)20(27(29)38)26(37)28(16,39)25(36)18(12)23(19)34/h10,12,14,16,18,20,22,30,33,39H,5-9,11H2,1-4H3,(H2,29,38)/t12-,16-,18?,20?,22-,28-/m0/s1. The first-order valence-corrected chi connectivity index (χ1v) is 13.4. The van der Waals surface area contributed by atoms with Gasteiger partial charge in [-0.05, 0) is 62.9 Å². The van der Waals surface area contributed by atoms with Crippen molar-refractivity contribution in [1.29, 1.82) is 0 Å². The number of amides is 1. The molecule has 1 amide bonds. The summed E-state index contributed by atoms with van der Waals surface area (Å²) in [6.07, 6.45) is 3.62. The second kappa shape index (κ2) is 9.50. The number of aromatic hydroxyl groups is 1. The van der Waals surface area contributed by atoms with Crippen LogP contribution in [0.3, 0.4) is 0 Å². The monoisotopic (exact) mass is 540 g/mol. The van der Waals surface area contributed by atoms with Gasteiger partial charge >= 0.3 is 0 Å². The summed E-state index contributed by atoms with van der Waals surface area (Å²) in [6, 6.07) is 0.830. The summed E-state index contributed by atoms with van der Waals surface area (Å²) in [5, 5.41) is 26.2. The minimum absolute atomic E-state index is 0.0117. The van der Waals surface area contributed by atoms with E-state index in [1.165, 1.54) is 11.3 Å². The Bertz CT molecular complexity index is 1290. The number of primary amides is 1. The molecule has 0 bridgehead atoms. The van der Waals surface area contributed by atoms with Crippen molar-refractivity contribution < 1.29 is 34.2 Å². The number of nitrogens with zero attached hydrogens (tertiary/aromatic N) is 2. The molecule has 0 aliphatic heterocycles. The van der Waals surface area contributed by atoms with Crippen LogP contribution in [-0.4, -0.2) is 90.0 Å². The summed E-state index contributed by atoms with van der Waals surface area (Å²) >= 11 is 0. The number of nitrogens with two attached hydrogens (primary N) is 1. The first-order valence-electron chi connectivity index (χ1n) is 13.4. The van der Waals surface area contributed by atoms with Crippen molar-refractivity contribution in [3.8, 4) is 5.75 Å². The molecule has 11 heteroatoms. The number of phenolic OH excluding ortho intramolecular Hbond substituents is 1. The first kappa shape index (κ1) is 27.4. The Morgan fingerprint density at radius 3 is 2.33 bits per heavy atom. The van der Waals surface area contributed by atoms with Gasteiger partial charge in [-0.25, -0.2) is 0 Å². The Morgan fingerprint density at radius 2 is 1.79 bits per heavy atom. The lowest BCUT2D eigenvalue weighted by atomic mass is 9.52. The first-order chi connectivity index (χ1) is 18.3. The molecule has 0 heterocycles. The zero-order valence-electron chi connectivity index (χ0n) is 22.7. The van der Waals surface area contributed by atoms with Crippen LogP contribution in [0.5, 0.6) is 5.75 Å². The van der Waals surface area contributed by atoms with Gasteiger partial charge in [-0.15, -0.1) is 0 Å². The van der Waals surface area contributed by atoms with Crippen LogP contribution in [0.25, 0.3) is 0 Å². The number of ketones is 4. The summed E-state index contributed by atoms with van der Waals surface area (Å²) < 4.78 is 0. The molecule has 39 heavy (non-hydrogen) atoms. The molecule has 3 fully saturated rings. The summed E-state index contributed by atoms with van der Waals surface area (Å²) in [5.41, 5.74) is 4.87. The number of hydrogen-bond donors (Lipinski definition) is 4. The van der Waals surface area contributed by atoms with Crippen molar-refractivity contribution in [3.63, 3.8) is 0 Å². The fourth-order valence-corrected chi connectivity index (χ4v) is 7.29. The summed E-state index contributed by atoms with van der Waals surface area (Å²) in [7, 11) is 6.84. The van der Waals surface area contributed by atoms with E-state index in [0.29, 0.717) is 18.2 Å². The number of carbonyl (C=O) groups is 5. The minimum atomic E-state index is -2.72. The van der Waals surface area contributed by atoms with Crippen LogP contribution in [0.15, 0.2) is 6.07 Å². The van der Waals surface area contributed by atoms with Gasteiger partial charge in [0, 0.05) is 38.3 Å². The third-order valence-corrected chi connectivity index (χ3v) is 9.25. The lowest BCUT2D eigenvalue weighted by Gasteiger charge is -2.52. The Labute approximate surface area is 226 Å². The van der Waals surface area contributed by atoms with E-state index < -0.39 is 64.4 Å². The normalized spacial score (nSPS) is 32.4. The van der Waals surface area contributed by atoms with E-state index in [4.69, 9.17) is 5.73 Å². The summed E-state index contributed by atoms with van der Waals surface area (Å²) in [6.45, 7) is 0.503. The van der Waals surface area contributed by atoms with E-state index in [9.17, 15) is 34.2 Å². The highest BCUT2D eigenvalue weighted by atomic mass is 16.3. The number of fused-ring (bicyclic) bond motifs is 3. The van der Waals surface area contributed by atoms with Gasteiger partial charge in [-0.3, -0.25) is 28.9 Å². The van der Waals surface area contributed by atoms with Crippen LogP contribution in [-0.2, 0) is 32.1 Å². The van der Waals surface area contributed by atoms with Gasteiger partial charge in [0.25, 0.3) is 0 Å². The topological polar surface area (TPSA) is 170 Å². The van der Waals surface area contributed by atoms with Crippen LogP contribution in [0.1, 0.15) is 47.2 Å². The number of benzene rings is 1. The van der Waals surface area contributed by atoms with E-state index in [1.807, 2.05) is 19.0 Å². The summed E-state index contributed by atoms with van der Waals surface area (Å²) in [5.74, 6) is -10.3. The Morgan fingerprint density at radius 1 is 1.13 bits per heavy atom. The number of carbonyl (C=O) groups excluding carboxylic acids is 5. The highest BCUT2D eigenvalue weighted by Crippen LogP contribution is 2.52. The highest BCUT2D eigenvalue weighted by molar-refractivity contribution is 6.32. The molecule has 0 radical (unpaired) electrons. The van der Waals surface area contributed by atoms with Crippen LogP contribution in [0.4, 0.5) is 5.69 Å². The fraction of sp³-hybridized carbons (Fsp3) is 0.607. The molecule has 5 N–H and O–H groups in total. The number of nitrogens with one attached hydrogen (secondary N) is 1. The van der Waals surface area contributed by atoms with Crippen molar-refractivity contribution in [2.75, 3.05) is 33.1 Å². The van der Waals surface area contributed by atoms with E-state index in [0.717, 1.165) is 24.1 Å². The number of aliphatic hydroxyl groups is 1. The maximum absolute atomic E-state index is 13.9. The number of Topliss-reactive ketones (excluding diaryl/α,β-unsaturated/α-hetero) is 4. The van der Waals surface area contributed by atoms with E-state index in [1.54, 1.807) is 20.2 Å². The van der Waals surface area contributed by atoms with Crippen LogP contribution in [0, 0.1) is 23.7 Å². The number of rotatable bonds is 6. The molecule has 1 aromatic carbocycles. The maximum atomic E-state index is 13.9. The van der Waals surface area contributed by atoms with Crippen molar-refractivity contribution in [2.24, 2.45) is 29.4 Å². The van der Waals surface area contributed by atoms with E-state index in [2.05, 4.69) is 5.32 Å². The predicted molar refractivity (Wildman–Crippen MR) is 140 cm³/mol. The molecule has 11 nitrogen and oxygen atoms in total. The molecule has 4 aliphatic carbocycles. The number of anilines is 1. The van der Waals surface area contributed by atoms with Gasteiger partial charge in [0.2, 0.25) is 5.91 Å². The molecule has 5 rings (SSSR count). The lowest BCUT2D eigenvalue weighted by molar-refractivity contribution is -0.181. The van der Waals surface area contributed by atoms with E-state index in [-0.39, 0.29) is 24.2 Å². The van der Waals surface area contributed by atoms with Crippen LogP contribution >= 0.6 is 0 Å². The smallest absolute Gasteiger partial charge is 0.235 e. The zero-order chi connectivity index (χ0) is 28.5. The molecule has 4 aliphatic rings. The van der Waals surface area contributed by atoms with Crippen LogP contribution < -0.4 is 16.0 Å². The summed E-state index contributed by atoms with van der Waals surface area (Å²) in [4.78, 5) is 69.9. The molecule has 3 saturated carbocycles.